The van der Waals surface area contributed by atoms with Crippen molar-refractivity contribution in [1.29, 1.82) is 0 Å². The van der Waals surface area contributed by atoms with Gasteiger partial charge in [-0.05, 0) is 25.5 Å². The Kier molecular flexibility index (Phi) is 2.93. The Morgan fingerprint density at radius 3 is 2.94 bits per heavy atom. The number of aliphatic hydroxyl groups is 1. The van der Waals surface area contributed by atoms with Crippen LogP contribution in [0.5, 0.6) is 0 Å². The highest BCUT2D eigenvalue weighted by Crippen LogP contribution is 2.24. The lowest BCUT2D eigenvalue weighted by molar-refractivity contribution is 0.216. The maximum atomic E-state index is 9.31. The third-order valence-corrected chi connectivity index (χ3v) is 2.95. The van der Waals surface area contributed by atoms with Gasteiger partial charge in [-0.25, -0.2) is 0 Å². The van der Waals surface area contributed by atoms with Crippen molar-refractivity contribution in [2.45, 2.75) is 25.8 Å². The average molecular weight is 235 g/mol. The molecular weight excluding hydrogens is 218 g/mol. The van der Waals surface area contributed by atoms with Crippen LogP contribution in [-0.2, 0) is 0 Å². The molecule has 0 amide bonds. The number of aromatic nitrogens is 1. The molecule has 1 aromatic heterocycles. The highest BCUT2D eigenvalue weighted by atomic mass is 16.4. The van der Waals surface area contributed by atoms with Crippen molar-refractivity contribution in [3.05, 3.63) is 18.2 Å². The number of oxazole rings is 1. The number of nitrogens with zero attached hydrogens (tertiary/aromatic N) is 1. The van der Waals surface area contributed by atoms with Crippen molar-refractivity contribution in [1.82, 2.24) is 4.98 Å². The predicted molar refractivity (Wildman–Crippen MR) is 67.8 cm³/mol. The zero-order valence-electron chi connectivity index (χ0n) is 10.0. The topological polar surface area (TPSA) is 84.3 Å². The Hall–Kier alpha value is -1.75. The van der Waals surface area contributed by atoms with E-state index in [0.717, 1.165) is 11.9 Å². The Bertz CT molecular complexity index is 517. The van der Waals surface area contributed by atoms with Crippen LogP contribution in [0.3, 0.4) is 0 Å². The van der Waals surface area contributed by atoms with E-state index in [1.54, 1.807) is 12.1 Å². The first kappa shape index (κ1) is 11.7. The lowest BCUT2D eigenvalue weighted by atomic mass is 10.0. The number of aliphatic hydroxyl groups excluding tert-OH is 1. The predicted octanol–water partition coefficient (Wildman–Crippen LogP) is 1.98. The molecule has 0 aliphatic heterocycles. The number of fused-ring (bicyclic) bond motifs is 1. The molecule has 1 aromatic carbocycles. The molecule has 2 rings (SSSR count). The van der Waals surface area contributed by atoms with Crippen molar-refractivity contribution < 1.29 is 9.52 Å². The largest absolute Gasteiger partial charge is 0.423 e. The van der Waals surface area contributed by atoms with Gasteiger partial charge in [0, 0.05) is 11.8 Å². The molecule has 0 aliphatic rings. The van der Waals surface area contributed by atoms with Crippen LogP contribution in [0.2, 0.25) is 0 Å². The molecule has 17 heavy (non-hydrogen) atoms. The lowest BCUT2D eigenvalue weighted by Gasteiger charge is -2.25. The van der Waals surface area contributed by atoms with Crippen molar-refractivity contribution in [2.24, 2.45) is 0 Å². The summed E-state index contributed by atoms with van der Waals surface area (Å²) in [5.74, 6) is 0. The van der Waals surface area contributed by atoms with E-state index >= 15 is 0 Å². The van der Waals surface area contributed by atoms with Crippen LogP contribution in [0.4, 0.5) is 11.7 Å². The monoisotopic (exact) mass is 235 g/mol. The van der Waals surface area contributed by atoms with Gasteiger partial charge in [0.05, 0.1) is 12.1 Å². The van der Waals surface area contributed by atoms with Gasteiger partial charge in [0.15, 0.2) is 5.58 Å². The molecule has 5 nitrogen and oxygen atoms in total. The van der Waals surface area contributed by atoms with Gasteiger partial charge in [-0.2, -0.15) is 4.98 Å². The summed E-state index contributed by atoms with van der Waals surface area (Å²) in [6, 6.07) is 5.72. The van der Waals surface area contributed by atoms with E-state index in [9.17, 15) is 5.11 Å². The van der Waals surface area contributed by atoms with Crippen molar-refractivity contribution in [3.63, 3.8) is 0 Å². The fourth-order valence-corrected chi connectivity index (χ4v) is 1.49. The van der Waals surface area contributed by atoms with Gasteiger partial charge in [-0.15, -0.1) is 0 Å². The number of nitrogen functional groups attached to an aromatic ring is 1. The molecule has 1 unspecified atom stereocenters. The molecule has 0 radical (unpaired) electrons. The van der Waals surface area contributed by atoms with Crippen LogP contribution in [0, 0.1) is 0 Å². The number of benzene rings is 1. The van der Waals surface area contributed by atoms with Crippen LogP contribution >= 0.6 is 0 Å². The molecule has 4 N–H and O–H groups in total. The van der Waals surface area contributed by atoms with Gasteiger partial charge in [0.25, 0.3) is 6.01 Å². The molecule has 0 saturated heterocycles. The van der Waals surface area contributed by atoms with Gasteiger partial charge in [0.2, 0.25) is 0 Å². The van der Waals surface area contributed by atoms with E-state index in [-0.39, 0.29) is 6.61 Å². The Morgan fingerprint density at radius 2 is 2.29 bits per heavy atom. The van der Waals surface area contributed by atoms with Crippen LogP contribution in [-0.4, -0.2) is 22.2 Å². The molecule has 2 aromatic rings. The van der Waals surface area contributed by atoms with E-state index in [4.69, 9.17) is 10.2 Å². The minimum absolute atomic E-state index is 0.0182. The molecule has 0 spiro atoms. The summed E-state index contributed by atoms with van der Waals surface area (Å²) in [6.07, 6.45) is 0.768. The SMILES string of the molecule is CCC(C)(CO)Nc1nc2ccc(N)cc2o1. The molecule has 0 bridgehead atoms. The zero-order valence-corrected chi connectivity index (χ0v) is 10.0. The Labute approximate surface area is 99.6 Å². The fourth-order valence-electron chi connectivity index (χ4n) is 1.49. The smallest absolute Gasteiger partial charge is 0.296 e. The molecule has 92 valence electrons. The van der Waals surface area contributed by atoms with Crippen LogP contribution in [0.25, 0.3) is 11.1 Å². The summed E-state index contributed by atoms with van der Waals surface area (Å²) >= 11 is 0. The maximum absolute atomic E-state index is 9.31. The van der Waals surface area contributed by atoms with Crippen molar-refractivity contribution >= 4 is 22.8 Å². The summed E-state index contributed by atoms with van der Waals surface area (Å²) < 4.78 is 5.53. The van der Waals surface area contributed by atoms with Gasteiger partial charge < -0.3 is 20.6 Å². The maximum Gasteiger partial charge on any atom is 0.296 e. The molecule has 1 heterocycles. The van der Waals surface area contributed by atoms with Gasteiger partial charge in [-0.1, -0.05) is 6.92 Å². The number of hydrogen-bond acceptors (Lipinski definition) is 5. The first-order valence-corrected chi connectivity index (χ1v) is 5.61. The molecule has 0 fully saturated rings. The zero-order chi connectivity index (χ0) is 12.5. The van der Waals surface area contributed by atoms with Gasteiger partial charge >= 0.3 is 0 Å². The minimum Gasteiger partial charge on any atom is -0.423 e. The van der Waals surface area contributed by atoms with E-state index in [2.05, 4.69) is 10.3 Å². The van der Waals surface area contributed by atoms with E-state index in [1.165, 1.54) is 0 Å². The summed E-state index contributed by atoms with van der Waals surface area (Å²) in [6.45, 7) is 3.92. The number of nitrogens with two attached hydrogens (primary N) is 1. The first-order valence-electron chi connectivity index (χ1n) is 5.61. The second-order valence-electron chi connectivity index (χ2n) is 4.44. The highest BCUT2D eigenvalue weighted by Gasteiger charge is 2.22. The Balaban J connectivity index is 2.31. The lowest BCUT2D eigenvalue weighted by Crippen LogP contribution is -2.38. The van der Waals surface area contributed by atoms with Crippen LogP contribution < -0.4 is 11.1 Å². The molecule has 5 heteroatoms. The second kappa shape index (κ2) is 4.25. The van der Waals surface area contributed by atoms with Gasteiger partial charge in [-0.3, -0.25) is 0 Å². The summed E-state index contributed by atoms with van der Waals surface area (Å²) in [5, 5.41) is 12.4. The number of nitrogens with one attached hydrogen (secondary N) is 1. The average Bonchev–Trinajstić information content (AvgIpc) is 2.70. The van der Waals surface area contributed by atoms with Crippen LogP contribution in [0.15, 0.2) is 22.6 Å². The van der Waals surface area contributed by atoms with Crippen molar-refractivity contribution in [2.75, 3.05) is 17.7 Å². The standard InChI is InChI=1S/C12H17N3O2/c1-3-12(2,7-16)15-11-14-9-5-4-8(13)6-10(9)17-11/h4-6,16H,3,7,13H2,1-2H3,(H,14,15). The highest BCUT2D eigenvalue weighted by molar-refractivity contribution is 5.78. The number of rotatable bonds is 4. The molecule has 1 atom stereocenters. The summed E-state index contributed by atoms with van der Waals surface area (Å²) in [7, 11) is 0. The van der Waals surface area contributed by atoms with E-state index in [0.29, 0.717) is 17.3 Å². The quantitative estimate of drug-likeness (QED) is 0.706. The number of hydrogen-bond donors (Lipinski definition) is 3. The summed E-state index contributed by atoms with van der Waals surface area (Å²) in [4.78, 5) is 4.29. The van der Waals surface area contributed by atoms with Crippen molar-refractivity contribution in [3.8, 4) is 0 Å². The van der Waals surface area contributed by atoms with Gasteiger partial charge in [0.1, 0.15) is 5.52 Å². The summed E-state index contributed by atoms with van der Waals surface area (Å²) in [5.41, 5.74) is 7.27. The molecule has 0 aliphatic carbocycles. The second-order valence-corrected chi connectivity index (χ2v) is 4.44. The molecule has 0 saturated carbocycles. The number of anilines is 2. The normalized spacial score (nSPS) is 14.8. The fraction of sp³-hybridized carbons (Fsp3) is 0.417. The molecular formula is C12H17N3O2. The van der Waals surface area contributed by atoms with E-state index < -0.39 is 5.54 Å². The minimum atomic E-state index is -0.424. The van der Waals surface area contributed by atoms with Crippen LogP contribution in [0.1, 0.15) is 20.3 Å². The Morgan fingerprint density at radius 1 is 1.53 bits per heavy atom. The third-order valence-electron chi connectivity index (χ3n) is 2.95. The van der Waals surface area contributed by atoms with E-state index in [1.807, 2.05) is 19.9 Å². The third kappa shape index (κ3) is 2.34. The first-order chi connectivity index (χ1) is 8.06.